The molecule has 1 aromatic carbocycles. The van der Waals surface area contributed by atoms with Gasteiger partial charge >= 0.3 is 5.97 Å². The summed E-state index contributed by atoms with van der Waals surface area (Å²) in [4.78, 5) is 39.9. The number of esters is 1. The predicted octanol–water partition coefficient (Wildman–Crippen LogP) is 1.73. The second-order valence-corrected chi connectivity index (χ2v) is 7.68. The lowest BCUT2D eigenvalue weighted by atomic mass is 9.88. The summed E-state index contributed by atoms with van der Waals surface area (Å²) < 4.78 is 20.1. The van der Waals surface area contributed by atoms with E-state index < -0.39 is 29.8 Å². The zero-order chi connectivity index (χ0) is 21.6. The number of likely N-dealkylation sites (tertiary alicyclic amines) is 1. The Balaban J connectivity index is 1.83. The SMILES string of the molecule is CCC(=O)N1[C@@H]2c3ccc(-c4cccc(F)c4)c(=O)n3C[C@@H]2[C@@H](CO)[C@@H]1C(=O)OC. The number of amides is 1. The zero-order valence-corrected chi connectivity index (χ0v) is 16.7. The third-order valence-electron chi connectivity index (χ3n) is 6.24. The number of carbonyl (C=O) groups excluding carboxylic acids is 2. The summed E-state index contributed by atoms with van der Waals surface area (Å²) >= 11 is 0. The third-order valence-corrected chi connectivity index (χ3v) is 6.24. The monoisotopic (exact) mass is 414 g/mol. The molecular weight excluding hydrogens is 391 g/mol. The molecule has 0 saturated carbocycles. The molecule has 1 amide bonds. The Morgan fingerprint density at radius 2 is 2.03 bits per heavy atom. The van der Waals surface area contributed by atoms with Crippen molar-refractivity contribution < 1.29 is 23.8 Å². The van der Waals surface area contributed by atoms with E-state index in [9.17, 15) is 23.9 Å². The second-order valence-electron chi connectivity index (χ2n) is 7.68. The van der Waals surface area contributed by atoms with Gasteiger partial charge in [-0.3, -0.25) is 9.59 Å². The molecule has 3 heterocycles. The van der Waals surface area contributed by atoms with Gasteiger partial charge in [-0.15, -0.1) is 0 Å². The lowest BCUT2D eigenvalue weighted by Gasteiger charge is -2.29. The minimum atomic E-state index is -0.894. The lowest BCUT2D eigenvalue weighted by Crippen LogP contribution is -2.46. The highest BCUT2D eigenvalue weighted by Crippen LogP contribution is 2.49. The number of aromatic nitrogens is 1. The van der Waals surface area contributed by atoms with Gasteiger partial charge in [0.1, 0.15) is 11.9 Å². The molecule has 0 radical (unpaired) electrons. The van der Waals surface area contributed by atoms with Gasteiger partial charge in [-0.1, -0.05) is 19.1 Å². The van der Waals surface area contributed by atoms with E-state index in [1.807, 2.05) is 0 Å². The van der Waals surface area contributed by atoms with E-state index in [4.69, 9.17) is 4.74 Å². The van der Waals surface area contributed by atoms with Crippen LogP contribution in [0.4, 0.5) is 4.39 Å². The van der Waals surface area contributed by atoms with Gasteiger partial charge in [0, 0.05) is 42.7 Å². The number of hydrogen-bond acceptors (Lipinski definition) is 5. The van der Waals surface area contributed by atoms with Crippen molar-refractivity contribution in [3.8, 4) is 11.1 Å². The van der Waals surface area contributed by atoms with Crippen LogP contribution in [0.5, 0.6) is 0 Å². The van der Waals surface area contributed by atoms with Gasteiger partial charge in [-0.25, -0.2) is 9.18 Å². The number of carbonyl (C=O) groups is 2. The van der Waals surface area contributed by atoms with E-state index in [0.717, 1.165) is 0 Å². The van der Waals surface area contributed by atoms with Crippen molar-refractivity contribution in [3.63, 3.8) is 0 Å². The number of hydrogen-bond donors (Lipinski definition) is 1. The van der Waals surface area contributed by atoms with E-state index in [-0.39, 0.29) is 37.0 Å². The summed E-state index contributed by atoms with van der Waals surface area (Å²) in [6, 6.07) is 7.79. The maximum absolute atomic E-state index is 13.7. The number of methoxy groups -OCH3 is 1. The van der Waals surface area contributed by atoms with Crippen LogP contribution in [0.25, 0.3) is 11.1 Å². The van der Waals surface area contributed by atoms with Gasteiger partial charge in [-0.05, 0) is 29.8 Å². The van der Waals surface area contributed by atoms with E-state index in [0.29, 0.717) is 16.8 Å². The fourth-order valence-corrected chi connectivity index (χ4v) is 4.91. The number of halogens is 1. The number of ether oxygens (including phenoxy) is 1. The minimum absolute atomic E-state index is 0.181. The van der Waals surface area contributed by atoms with Crippen molar-refractivity contribution in [2.75, 3.05) is 13.7 Å². The number of rotatable bonds is 4. The molecule has 2 aliphatic heterocycles. The topological polar surface area (TPSA) is 88.8 Å². The molecule has 8 heteroatoms. The maximum atomic E-state index is 13.7. The number of fused-ring (bicyclic) bond motifs is 3. The normalized spacial score (nSPS) is 24.5. The van der Waals surface area contributed by atoms with Crippen molar-refractivity contribution in [1.82, 2.24) is 9.47 Å². The van der Waals surface area contributed by atoms with Gasteiger partial charge in [0.2, 0.25) is 5.91 Å². The Hall–Kier alpha value is -3.00. The van der Waals surface area contributed by atoms with E-state index in [1.165, 1.54) is 24.1 Å². The van der Waals surface area contributed by atoms with Crippen LogP contribution in [-0.2, 0) is 20.9 Å². The first-order valence-electron chi connectivity index (χ1n) is 9.92. The quantitative estimate of drug-likeness (QED) is 0.770. The number of aliphatic hydroxyl groups excluding tert-OH is 1. The van der Waals surface area contributed by atoms with Crippen molar-refractivity contribution in [2.24, 2.45) is 11.8 Å². The first-order chi connectivity index (χ1) is 14.4. The fraction of sp³-hybridized carbons (Fsp3) is 0.409. The molecule has 2 aliphatic rings. The Morgan fingerprint density at radius 3 is 2.67 bits per heavy atom. The summed E-state index contributed by atoms with van der Waals surface area (Å²) in [6.45, 7) is 1.65. The van der Waals surface area contributed by atoms with Crippen molar-refractivity contribution in [2.45, 2.75) is 32.0 Å². The fourth-order valence-electron chi connectivity index (χ4n) is 4.91. The van der Waals surface area contributed by atoms with Crippen molar-refractivity contribution in [3.05, 3.63) is 58.3 Å². The van der Waals surface area contributed by atoms with E-state index >= 15 is 0 Å². The van der Waals surface area contributed by atoms with E-state index in [1.54, 1.807) is 35.8 Å². The van der Waals surface area contributed by atoms with Crippen LogP contribution < -0.4 is 5.56 Å². The van der Waals surface area contributed by atoms with Crippen LogP contribution in [0.1, 0.15) is 25.1 Å². The number of aliphatic hydroxyl groups is 1. The summed E-state index contributed by atoms with van der Waals surface area (Å²) in [5, 5.41) is 10.0. The number of nitrogens with zero attached hydrogens (tertiary/aromatic N) is 2. The second kappa shape index (κ2) is 7.68. The van der Waals surface area contributed by atoms with Crippen molar-refractivity contribution in [1.29, 1.82) is 0 Å². The van der Waals surface area contributed by atoms with Gasteiger partial charge in [-0.2, -0.15) is 0 Å². The van der Waals surface area contributed by atoms with Gasteiger partial charge < -0.3 is 19.3 Å². The molecule has 7 nitrogen and oxygen atoms in total. The number of pyridine rings is 1. The smallest absolute Gasteiger partial charge is 0.328 e. The van der Waals surface area contributed by atoms with Crippen molar-refractivity contribution >= 4 is 11.9 Å². The Morgan fingerprint density at radius 1 is 1.27 bits per heavy atom. The highest BCUT2D eigenvalue weighted by molar-refractivity contribution is 5.86. The Kier molecular flexibility index (Phi) is 5.19. The van der Waals surface area contributed by atoms with Gasteiger partial charge in [0.25, 0.3) is 5.56 Å². The molecule has 0 unspecified atom stereocenters. The van der Waals surface area contributed by atoms with E-state index in [2.05, 4.69) is 0 Å². The van der Waals surface area contributed by atoms with Crippen LogP contribution in [-0.4, -0.2) is 46.2 Å². The molecule has 1 saturated heterocycles. The molecular formula is C22H23FN2O5. The summed E-state index contributed by atoms with van der Waals surface area (Å²) in [5.41, 5.74) is 1.15. The summed E-state index contributed by atoms with van der Waals surface area (Å²) in [7, 11) is 1.25. The molecule has 1 fully saturated rings. The zero-order valence-electron chi connectivity index (χ0n) is 16.7. The molecule has 1 aromatic heterocycles. The standard InChI is InChI=1S/C22H23FN2O5/c1-3-18(27)25-19-15(16(11-26)20(25)22(29)30-2)10-24-17(19)8-7-14(21(24)28)12-5-4-6-13(23)9-12/h4-9,15-16,19-20,26H,3,10-11H2,1-2H3/t15-,16-,19+,20-/m1/s1. The Bertz CT molecular complexity index is 1070. The lowest BCUT2D eigenvalue weighted by molar-refractivity contribution is -0.154. The van der Waals surface area contributed by atoms with Crippen LogP contribution in [0, 0.1) is 17.7 Å². The van der Waals surface area contributed by atoms with Crippen LogP contribution in [0.2, 0.25) is 0 Å². The molecule has 30 heavy (non-hydrogen) atoms. The summed E-state index contributed by atoms with van der Waals surface area (Å²) in [6.07, 6.45) is 0.181. The maximum Gasteiger partial charge on any atom is 0.328 e. The first-order valence-corrected chi connectivity index (χ1v) is 9.92. The highest BCUT2D eigenvalue weighted by atomic mass is 19.1. The van der Waals surface area contributed by atoms with Crippen LogP contribution in [0.3, 0.4) is 0 Å². The molecule has 0 spiro atoms. The minimum Gasteiger partial charge on any atom is -0.467 e. The molecule has 158 valence electrons. The number of benzene rings is 1. The highest BCUT2D eigenvalue weighted by Gasteiger charge is 2.57. The van der Waals surface area contributed by atoms with Gasteiger partial charge in [0.15, 0.2) is 0 Å². The predicted molar refractivity (Wildman–Crippen MR) is 106 cm³/mol. The third kappa shape index (κ3) is 2.94. The Labute approximate surface area is 172 Å². The molecule has 2 aromatic rings. The van der Waals surface area contributed by atoms with Crippen LogP contribution >= 0.6 is 0 Å². The largest absolute Gasteiger partial charge is 0.467 e. The average molecular weight is 414 g/mol. The van der Waals surface area contributed by atoms with Crippen LogP contribution in [0.15, 0.2) is 41.2 Å². The molecule has 0 aliphatic carbocycles. The molecule has 1 N–H and O–H groups in total. The first kappa shape index (κ1) is 20.3. The molecule has 4 rings (SSSR count). The average Bonchev–Trinajstić information content (AvgIpc) is 3.27. The molecule has 0 bridgehead atoms. The molecule has 4 atom stereocenters. The van der Waals surface area contributed by atoms with Gasteiger partial charge in [0.05, 0.1) is 13.2 Å². The summed E-state index contributed by atoms with van der Waals surface area (Å²) in [5.74, 6) is -2.10.